The third kappa shape index (κ3) is 3.69. The molecule has 1 aliphatic heterocycles. The molecule has 0 saturated carbocycles. The number of benzene rings is 1. The van der Waals surface area contributed by atoms with Gasteiger partial charge in [-0.1, -0.05) is 0 Å². The number of aromatic nitrogens is 1. The fraction of sp³-hybridized carbons (Fsp3) is 0.476. The first-order valence-corrected chi connectivity index (χ1v) is 9.84. The Balaban J connectivity index is 2.03. The average Bonchev–Trinajstić information content (AvgIpc) is 3.09. The van der Waals surface area contributed by atoms with Crippen molar-refractivity contribution < 1.29 is 26.8 Å². The average molecular weight is 455 g/mol. The van der Waals surface area contributed by atoms with Gasteiger partial charge in [-0.15, -0.1) is 0 Å². The molecule has 0 bridgehead atoms. The lowest BCUT2D eigenvalue weighted by atomic mass is 9.67. The van der Waals surface area contributed by atoms with Gasteiger partial charge in [-0.25, -0.2) is 14.4 Å². The van der Waals surface area contributed by atoms with Crippen LogP contribution >= 0.6 is 0 Å². The molecule has 0 fully saturated rings. The Morgan fingerprint density at radius 3 is 2.47 bits per heavy atom. The predicted molar refractivity (Wildman–Crippen MR) is 110 cm³/mol. The van der Waals surface area contributed by atoms with Crippen LogP contribution in [0.3, 0.4) is 0 Å². The Hall–Kier alpha value is -3.11. The van der Waals surface area contributed by atoms with Crippen LogP contribution in [0.4, 0.5) is 23.2 Å². The van der Waals surface area contributed by atoms with Crippen LogP contribution in [0.15, 0.2) is 27.6 Å². The van der Waals surface area contributed by atoms with Crippen molar-refractivity contribution in [3.05, 3.63) is 46.9 Å². The monoisotopic (exact) mass is 455 g/mol. The summed E-state index contributed by atoms with van der Waals surface area (Å²) in [6.07, 6.45) is -4.71. The van der Waals surface area contributed by atoms with Crippen LogP contribution < -0.4 is 11.1 Å². The highest BCUT2D eigenvalue weighted by Crippen LogP contribution is 2.48. The molecule has 3 rings (SSSR count). The van der Waals surface area contributed by atoms with Crippen LogP contribution in [-0.2, 0) is 16.5 Å². The molecule has 174 valence electrons. The largest absolute Gasteiger partial charge is 0.451 e. The molecular formula is C21H25F4N5O2. The third-order valence-electron chi connectivity index (χ3n) is 6.04. The summed E-state index contributed by atoms with van der Waals surface area (Å²) in [4.78, 5) is 22.3. The summed E-state index contributed by atoms with van der Waals surface area (Å²) in [6.45, 7) is 7.68. The number of aliphatic imine (C=N–C) groups is 1. The first kappa shape index (κ1) is 23.6. The number of nitrogens with two attached hydrogens (primary N) is 1. The number of aryl methyl sites for hydroxylation is 1. The minimum absolute atomic E-state index is 0.0594. The van der Waals surface area contributed by atoms with E-state index in [1.165, 1.54) is 44.0 Å². The minimum atomic E-state index is -4.71. The van der Waals surface area contributed by atoms with Crippen molar-refractivity contribution in [1.29, 1.82) is 0 Å². The summed E-state index contributed by atoms with van der Waals surface area (Å²) in [7, 11) is 1.48. The van der Waals surface area contributed by atoms with Crippen molar-refractivity contribution in [3.8, 4) is 0 Å². The molecule has 1 aliphatic rings. The number of carbonyl (C=O) groups is 1. The van der Waals surface area contributed by atoms with Gasteiger partial charge < -0.3 is 15.5 Å². The predicted octanol–water partition coefficient (Wildman–Crippen LogP) is 4.34. The van der Waals surface area contributed by atoms with E-state index in [4.69, 9.17) is 10.2 Å². The van der Waals surface area contributed by atoms with E-state index in [9.17, 15) is 22.4 Å². The maximum absolute atomic E-state index is 14.9. The molecule has 7 nitrogen and oxygen atoms in total. The molecule has 1 unspecified atom stereocenters. The van der Waals surface area contributed by atoms with Crippen molar-refractivity contribution in [1.82, 2.24) is 9.88 Å². The lowest BCUT2D eigenvalue weighted by Crippen LogP contribution is -2.58. The molecule has 0 spiro atoms. The van der Waals surface area contributed by atoms with E-state index in [-0.39, 0.29) is 29.0 Å². The zero-order valence-corrected chi connectivity index (χ0v) is 18.6. The number of guanidine groups is 1. The molecule has 1 aromatic heterocycles. The normalized spacial score (nSPS) is 22.0. The summed E-state index contributed by atoms with van der Waals surface area (Å²) >= 11 is 0. The molecule has 3 N–H and O–H groups in total. The van der Waals surface area contributed by atoms with Crippen molar-refractivity contribution in [3.63, 3.8) is 0 Å². The topological polar surface area (TPSA) is 96.7 Å². The number of hydrogen-bond acceptors (Lipinski definition) is 6. The summed E-state index contributed by atoms with van der Waals surface area (Å²) in [5, 5.41) is 2.90. The number of amides is 1. The lowest BCUT2D eigenvalue weighted by Gasteiger charge is -2.46. The van der Waals surface area contributed by atoms with Gasteiger partial charge in [0.25, 0.3) is 0 Å². The molecular weight excluding hydrogens is 430 g/mol. The number of anilines is 1. The Morgan fingerprint density at radius 2 is 1.88 bits per heavy atom. The zero-order chi connectivity index (χ0) is 24.2. The van der Waals surface area contributed by atoms with E-state index < -0.39 is 34.7 Å². The van der Waals surface area contributed by atoms with Gasteiger partial charge in [-0.2, -0.15) is 13.2 Å². The van der Waals surface area contributed by atoms with Crippen LogP contribution in [0.25, 0.3) is 0 Å². The van der Waals surface area contributed by atoms with Gasteiger partial charge in [-0.3, -0.25) is 9.69 Å². The zero-order valence-electron chi connectivity index (χ0n) is 18.6. The van der Waals surface area contributed by atoms with Gasteiger partial charge in [0.2, 0.25) is 11.7 Å². The Labute approximate surface area is 182 Å². The number of alkyl halides is 3. The Bertz CT molecular complexity index is 1090. The smallest absolute Gasteiger partial charge is 0.436 e. The van der Waals surface area contributed by atoms with Crippen molar-refractivity contribution in [2.75, 3.05) is 12.4 Å². The van der Waals surface area contributed by atoms with E-state index in [1.54, 1.807) is 20.8 Å². The number of nitrogens with one attached hydrogen (secondary N) is 1. The second-order valence-corrected chi connectivity index (χ2v) is 8.54. The number of hydrogen-bond donors (Lipinski definition) is 2. The summed E-state index contributed by atoms with van der Waals surface area (Å²) in [5.74, 6) is -2.34. The molecule has 2 aromatic rings. The van der Waals surface area contributed by atoms with Gasteiger partial charge in [-0.05, 0) is 45.9 Å². The quantitative estimate of drug-likeness (QED) is 0.669. The molecule has 2 atom stereocenters. The molecule has 0 radical (unpaired) electrons. The van der Waals surface area contributed by atoms with Crippen LogP contribution in [-0.4, -0.2) is 28.8 Å². The second-order valence-electron chi connectivity index (χ2n) is 8.54. The third-order valence-corrected chi connectivity index (χ3v) is 6.04. The lowest BCUT2D eigenvalue weighted by molar-refractivity contribution is -0.154. The van der Waals surface area contributed by atoms with Crippen LogP contribution in [0.5, 0.6) is 0 Å². The van der Waals surface area contributed by atoms with Crippen LogP contribution in [0.2, 0.25) is 0 Å². The number of halogens is 4. The Kier molecular flexibility index (Phi) is 5.51. The van der Waals surface area contributed by atoms with Gasteiger partial charge in [0.05, 0.1) is 11.5 Å². The fourth-order valence-corrected chi connectivity index (χ4v) is 3.82. The van der Waals surface area contributed by atoms with Crippen molar-refractivity contribution >= 4 is 17.6 Å². The first-order valence-electron chi connectivity index (χ1n) is 9.84. The van der Waals surface area contributed by atoms with E-state index >= 15 is 0 Å². The second kappa shape index (κ2) is 7.49. The van der Waals surface area contributed by atoms with E-state index in [0.717, 1.165) is 0 Å². The highest BCUT2D eigenvalue weighted by Gasteiger charge is 2.54. The summed E-state index contributed by atoms with van der Waals surface area (Å²) in [5.41, 5.74) is 3.48. The van der Waals surface area contributed by atoms with Gasteiger partial charge in [0.15, 0.2) is 11.9 Å². The number of nitrogens with zero attached hydrogens (tertiary/aromatic N) is 3. The standard InChI is InChI=1S/C21H25F4N5O2/c1-10(15-16(21(23,24)25)32-11(2)28-15)27-12-7-8-14(22)13(9-12)20(5)19(3,4)17(31)30(6)18(26)29-20/h7-10,27H,1-6H3,(H2,26,29)/t10?,20-/m1/s1. The van der Waals surface area contributed by atoms with Crippen LogP contribution in [0, 0.1) is 18.2 Å². The molecule has 1 amide bonds. The highest BCUT2D eigenvalue weighted by molar-refractivity contribution is 6.01. The Morgan fingerprint density at radius 1 is 1.25 bits per heavy atom. The fourth-order valence-electron chi connectivity index (χ4n) is 3.82. The molecule has 0 aliphatic carbocycles. The number of rotatable bonds is 4. The van der Waals surface area contributed by atoms with Gasteiger partial charge in [0.1, 0.15) is 17.1 Å². The van der Waals surface area contributed by atoms with Crippen molar-refractivity contribution in [2.24, 2.45) is 16.1 Å². The van der Waals surface area contributed by atoms with E-state index in [2.05, 4.69) is 15.3 Å². The molecule has 32 heavy (non-hydrogen) atoms. The summed E-state index contributed by atoms with van der Waals surface area (Å²) < 4.78 is 59.5. The van der Waals surface area contributed by atoms with E-state index in [0.29, 0.717) is 5.69 Å². The SMILES string of the molecule is Cc1nc(C(C)Nc2ccc(F)c([C@@]3(C)N=C(N)N(C)C(=O)C3(C)C)c2)c(C(F)(F)F)o1. The molecule has 11 heteroatoms. The minimum Gasteiger partial charge on any atom is -0.436 e. The van der Waals surface area contributed by atoms with Crippen LogP contribution in [0.1, 0.15) is 56.6 Å². The molecule has 0 saturated heterocycles. The maximum atomic E-state index is 14.9. The maximum Gasteiger partial charge on any atom is 0.451 e. The number of oxazole rings is 1. The molecule has 2 heterocycles. The number of carbonyl (C=O) groups excluding carboxylic acids is 1. The first-order chi connectivity index (χ1) is 14.6. The van der Waals surface area contributed by atoms with Crippen molar-refractivity contribution in [2.45, 2.75) is 52.4 Å². The van der Waals surface area contributed by atoms with Gasteiger partial charge >= 0.3 is 6.18 Å². The summed E-state index contributed by atoms with van der Waals surface area (Å²) in [6, 6.07) is 3.06. The van der Waals surface area contributed by atoms with Gasteiger partial charge in [0, 0.05) is 25.2 Å². The van der Waals surface area contributed by atoms with E-state index in [1.807, 2.05) is 0 Å². The highest BCUT2D eigenvalue weighted by atomic mass is 19.4. The molecule has 1 aromatic carbocycles.